The van der Waals surface area contributed by atoms with Crippen molar-refractivity contribution < 1.29 is 4.79 Å². The van der Waals surface area contributed by atoms with Gasteiger partial charge in [0.25, 0.3) is 0 Å². The molecule has 1 aromatic carbocycles. The zero-order chi connectivity index (χ0) is 20.2. The first-order valence-electron chi connectivity index (χ1n) is 10.4. The lowest BCUT2D eigenvalue weighted by Crippen LogP contribution is -2.49. The fraction of sp³-hybridized carbons (Fsp3) is 0.391. The Balaban J connectivity index is 1.51. The van der Waals surface area contributed by atoms with Gasteiger partial charge in [-0.15, -0.1) is 0 Å². The summed E-state index contributed by atoms with van der Waals surface area (Å²) >= 11 is 0. The topological polar surface area (TPSA) is 64.3 Å². The first kappa shape index (κ1) is 19.6. The molecule has 6 heteroatoms. The minimum Gasteiger partial charge on any atom is -0.368 e. The van der Waals surface area contributed by atoms with Crippen molar-refractivity contribution >= 4 is 22.5 Å². The standard InChI is InChI=1S/C23H29N5O/c1-17(2)25-14-19(29)16-27-10-12-28(13-11-27)22-20-8-9-24-23(20)26-15-21(22)18-6-4-3-5-7-18/h3-9,15,17,25H,10-14,16H2,1-2H3,(H,24,26). The van der Waals surface area contributed by atoms with Gasteiger partial charge in [-0.05, 0) is 11.6 Å². The number of anilines is 1. The van der Waals surface area contributed by atoms with Crippen LogP contribution in [0, 0.1) is 0 Å². The predicted molar refractivity (Wildman–Crippen MR) is 118 cm³/mol. The van der Waals surface area contributed by atoms with E-state index in [9.17, 15) is 4.79 Å². The van der Waals surface area contributed by atoms with Crippen molar-refractivity contribution in [1.82, 2.24) is 20.2 Å². The number of H-pyrrole nitrogens is 1. The Labute approximate surface area is 171 Å². The summed E-state index contributed by atoms with van der Waals surface area (Å²) in [6, 6.07) is 12.9. The highest BCUT2D eigenvalue weighted by Crippen LogP contribution is 2.36. The molecule has 3 heterocycles. The molecule has 0 amide bonds. The number of nitrogens with zero attached hydrogens (tertiary/aromatic N) is 3. The lowest BCUT2D eigenvalue weighted by molar-refractivity contribution is -0.119. The van der Waals surface area contributed by atoms with Crippen LogP contribution in [0.25, 0.3) is 22.2 Å². The quantitative estimate of drug-likeness (QED) is 0.648. The largest absolute Gasteiger partial charge is 0.368 e. The minimum atomic E-state index is 0.258. The fourth-order valence-corrected chi connectivity index (χ4v) is 3.92. The molecule has 0 spiro atoms. The maximum Gasteiger partial charge on any atom is 0.160 e. The highest BCUT2D eigenvalue weighted by atomic mass is 16.1. The third kappa shape index (κ3) is 4.49. The second-order valence-corrected chi connectivity index (χ2v) is 7.96. The third-order valence-electron chi connectivity index (χ3n) is 5.44. The van der Waals surface area contributed by atoms with Crippen LogP contribution >= 0.6 is 0 Å². The van der Waals surface area contributed by atoms with Crippen LogP contribution in [0.4, 0.5) is 5.69 Å². The van der Waals surface area contributed by atoms with Crippen molar-refractivity contribution in [2.75, 3.05) is 44.2 Å². The summed E-state index contributed by atoms with van der Waals surface area (Å²) in [6.45, 7) is 8.66. The van der Waals surface area contributed by atoms with Crippen LogP contribution in [0.2, 0.25) is 0 Å². The zero-order valence-corrected chi connectivity index (χ0v) is 17.2. The molecule has 152 valence electrons. The summed E-state index contributed by atoms with van der Waals surface area (Å²) in [5, 5.41) is 4.37. The number of carbonyl (C=O) groups is 1. The van der Waals surface area contributed by atoms with Gasteiger partial charge in [-0.3, -0.25) is 9.69 Å². The number of Topliss-reactive ketones (excluding diaryl/α,β-unsaturated/α-hetero) is 1. The second-order valence-electron chi connectivity index (χ2n) is 7.96. The average molecular weight is 392 g/mol. The Morgan fingerprint density at radius 2 is 1.90 bits per heavy atom. The first-order chi connectivity index (χ1) is 14.1. The molecule has 29 heavy (non-hydrogen) atoms. The van der Waals surface area contributed by atoms with Gasteiger partial charge in [0.05, 0.1) is 18.8 Å². The molecule has 6 nitrogen and oxygen atoms in total. The van der Waals surface area contributed by atoms with Crippen LogP contribution in [0.3, 0.4) is 0 Å². The molecular formula is C23H29N5O. The van der Waals surface area contributed by atoms with E-state index in [1.54, 1.807) is 0 Å². The molecule has 1 saturated heterocycles. The van der Waals surface area contributed by atoms with Crippen LogP contribution in [-0.4, -0.2) is 66.0 Å². The molecule has 0 bridgehead atoms. The number of carbonyl (C=O) groups excluding carboxylic acids is 1. The normalized spacial score (nSPS) is 15.3. The fourth-order valence-electron chi connectivity index (χ4n) is 3.92. The van der Waals surface area contributed by atoms with Crippen molar-refractivity contribution in [3.63, 3.8) is 0 Å². The average Bonchev–Trinajstić information content (AvgIpc) is 3.22. The maximum atomic E-state index is 12.2. The Kier molecular flexibility index (Phi) is 5.92. The SMILES string of the molecule is CC(C)NCC(=O)CN1CCN(c2c(-c3ccccc3)cnc3[nH]ccc23)CC1. The highest BCUT2D eigenvalue weighted by Gasteiger charge is 2.23. The van der Waals surface area contributed by atoms with Crippen LogP contribution in [0.15, 0.2) is 48.8 Å². The van der Waals surface area contributed by atoms with E-state index in [2.05, 4.69) is 69.3 Å². The number of rotatable bonds is 7. The van der Waals surface area contributed by atoms with E-state index in [1.165, 1.54) is 11.3 Å². The number of piperazine rings is 1. The summed E-state index contributed by atoms with van der Waals surface area (Å²) in [5.41, 5.74) is 4.48. The Bertz CT molecular complexity index is 958. The van der Waals surface area contributed by atoms with Gasteiger partial charge in [-0.1, -0.05) is 44.2 Å². The van der Waals surface area contributed by atoms with Crippen LogP contribution in [0.5, 0.6) is 0 Å². The van der Waals surface area contributed by atoms with E-state index >= 15 is 0 Å². The van der Waals surface area contributed by atoms with Crippen LogP contribution < -0.4 is 10.2 Å². The lowest BCUT2D eigenvalue weighted by atomic mass is 10.0. The first-order valence-corrected chi connectivity index (χ1v) is 10.4. The van der Waals surface area contributed by atoms with Gasteiger partial charge in [-0.25, -0.2) is 4.98 Å². The Morgan fingerprint density at radius 1 is 1.14 bits per heavy atom. The molecule has 2 aromatic heterocycles. The van der Waals surface area contributed by atoms with Crippen molar-refractivity contribution in [2.24, 2.45) is 0 Å². The van der Waals surface area contributed by atoms with Gasteiger partial charge < -0.3 is 15.2 Å². The monoisotopic (exact) mass is 391 g/mol. The van der Waals surface area contributed by atoms with E-state index < -0.39 is 0 Å². The molecule has 0 unspecified atom stereocenters. The maximum absolute atomic E-state index is 12.2. The number of benzene rings is 1. The van der Waals surface area contributed by atoms with E-state index in [0.29, 0.717) is 19.1 Å². The van der Waals surface area contributed by atoms with Crippen molar-refractivity contribution in [1.29, 1.82) is 0 Å². The summed E-state index contributed by atoms with van der Waals surface area (Å²) in [7, 11) is 0. The molecular weight excluding hydrogens is 362 g/mol. The van der Waals surface area contributed by atoms with E-state index in [-0.39, 0.29) is 5.78 Å². The molecule has 4 rings (SSSR count). The van der Waals surface area contributed by atoms with Crippen LogP contribution in [-0.2, 0) is 4.79 Å². The lowest BCUT2D eigenvalue weighted by Gasteiger charge is -2.37. The van der Waals surface area contributed by atoms with Crippen molar-refractivity contribution in [3.05, 3.63) is 48.8 Å². The molecule has 0 radical (unpaired) electrons. The van der Waals surface area contributed by atoms with Gasteiger partial charge in [0, 0.05) is 55.6 Å². The minimum absolute atomic E-state index is 0.258. The number of pyridine rings is 1. The number of hydrogen-bond acceptors (Lipinski definition) is 5. The molecule has 3 aromatic rings. The number of nitrogens with one attached hydrogen (secondary N) is 2. The summed E-state index contributed by atoms with van der Waals surface area (Å²) in [6.07, 6.45) is 3.92. The molecule has 0 aliphatic carbocycles. The smallest absolute Gasteiger partial charge is 0.160 e. The predicted octanol–water partition coefficient (Wildman–Crippen LogP) is 2.92. The highest BCUT2D eigenvalue weighted by molar-refractivity contribution is 5.98. The Morgan fingerprint density at radius 3 is 2.62 bits per heavy atom. The molecule has 1 aliphatic rings. The third-order valence-corrected chi connectivity index (χ3v) is 5.44. The van der Waals surface area contributed by atoms with Gasteiger partial charge in [0.1, 0.15) is 5.65 Å². The summed E-state index contributed by atoms with van der Waals surface area (Å²) < 4.78 is 0. The molecule has 0 atom stereocenters. The van der Waals surface area contributed by atoms with E-state index in [0.717, 1.165) is 42.8 Å². The molecule has 1 aliphatic heterocycles. The van der Waals surface area contributed by atoms with Crippen molar-refractivity contribution in [2.45, 2.75) is 19.9 Å². The van der Waals surface area contributed by atoms with Crippen molar-refractivity contribution in [3.8, 4) is 11.1 Å². The van der Waals surface area contributed by atoms with Gasteiger partial charge >= 0.3 is 0 Å². The second kappa shape index (κ2) is 8.76. The number of ketones is 1. The van der Waals surface area contributed by atoms with Crippen LogP contribution in [0.1, 0.15) is 13.8 Å². The van der Waals surface area contributed by atoms with E-state index in [4.69, 9.17) is 0 Å². The Hall–Kier alpha value is -2.70. The number of hydrogen-bond donors (Lipinski definition) is 2. The molecule has 2 N–H and O–H groups in total. The van der Waals surface area contributed by atoms with E-state index in [1.807, 2.05) is 18.5 Å². The number of aromatic nitrogens is 2. The number of aromatic amines is 1. The van der Waals surface area contributed by atoms with Gasteiger partial charge in [-0.2, -0.15) is 0 Å². The molecule has 0 saturated carbocycles. The van der Waals surface area contributed by atoms with Gasteiger partial charge in [0.2, 0.25) is 0 Å². The van der Waals surface area contributed by atoms with Gasteiger partial charge in [0.15, 0.2) is 5.78 Å². The molecule has 1 fully saturated rings. The number of fused-ring (bicyclic) bond motifs is 1. The zero-order valence-electron chi connectivity index (χ0n) is 17.2. The summed E-state index contributed by atoms with van der Waals surface area (Å²) in [5.74, 6) is 0.258. The summed E-state index contributed by atoms with van der Waals surface area (Å²) in [4.78, 5) is 24.8.